The molecule has 0 saturated heterocycles. The number of benzene rings is 1. The van der Waals surface area contributed by atoms with Gasteiger partial charge >= 0.3 is 6.18 Å². The molecule has 2 N–H and O–H groups in total. The van der Waals surface area contributed by atoms with Crippen molar-refractivity contribution >= 4 is 17.4 Å². The number of rotatable bonds is 3. The van der Waals surface area contributed by atoms with Crippen LogP contribution in [-0.2, 0) is 13.2 Å². The molecule has 2 rings (SSSR count). The summed E-state index contributed by atoms with van der Waals surface area (Å²) in [6, 6.07) is 4.98. The van der Waals surface area contributed by atoms with Gasteiger partial charge in [-0.3, -0.25) is 9.48 Å². The van der Waals surface area contributed by atoms with Crippen LogP contribution in [0.3, 0.4) is 0 Å². The van der Waals surface area contributed by atoms with E-state index >= 15 is 0 Å². The van der Waals surface area contributed by atoms with Crippen molar-refractivity contribution in [1.82, 2.24) is 9.78 Å². The Morgan fingerprint density at radius 2 is 2.00 bits per heavy atom. The first-order valence-corrected chi connectivity index (χ1v) is 6.02. The van der Waals surface area contributed by atoms with E-state index in [1.54, 1.807) is 19.3 Å². The number of halogens is 3. The second-order valence-corrected chi connectivity index (χ2v) is 4.30. The maximum Gasteiger partial charge on any atom is 0.418 e. The second kappa shape index (κ2) is 5.47. The monoisotopic (exact) mass is 298 g/mol. The summed E-state index contributed by atoms with van der Waals surface area (Å²) in [6.07, 6.45) is -2.93. The molecular weight excluding hydrogens is 285 g/mol. The van der Waals surface area contributed by atoms with Crippen molar-refractivity contribution in [3.8, 4) is 0 Å². The number of carbonyl (C=O) groups is 1. The maximum atomic E-state index is 12.9. The third-order valence-electron chi connectivity index (χ3n) is 2.82. The summed E-state index contributed by atoms with van der Waals surface area (Å²) >= 11 is 0. The minimum Gasteiger partial charge on any atom is -0.387 e. The van der Waals surface area contributed by atoms with Gasteiger partial charge in [0.2, 0.25) is 0 Å². The summed E-state index contributed by atoms with van der Waals surface area (Å²) in [7, 11) is 3.00. The number of aromatic nitrogens is 2. The maximum absolute atomic E-state index is 12.9. The molecule has 0 atom stereocenters. The van der Waals surface area contributed by atoms with E-state index in [-0.39, 0.29) is 17.1 Å². The number of hydrogen-bond donors (Lipinski definition) is 2. The van der Waals surface area contributed by atoms with Crippen molar-refractivity contribution in [2.75, 3.05) is 17.7 Å². The fourth-order valence-electron chi connectivity index (χ4n) is 1.91. The quantitative estimate of drug-likeness (QED) is 0.916. The molecule has 1 heterocycles. The fraction of sp³-hybridized carbons (Fsp3) is 0.231. The van der Waals surface area contributed by atoms with Crippen LogP contribution in [0.15, 0.2) is 30.5 Å². The summed E-state index contributed by atoms with van der Waals surface area (Å²) in [4.78, 5) is 12.1. The molecule has 0 unspecified atom stereocenters. The third kappa shape index (κ3) is 3.15. The average molecular weight is 298 g/mol. The molecular formula is C13H13F3N4O. The Labute approximate surface area is 118 Å². The summed E-state index contributed by atoms with van der Waals surface area (Å²) in [6.45, 7) is 0. The van der Waals surface area contributed by atoms with Crippen LogP contribution in [0.1, 0.15) is 15.9 Å². The number of carbonyl (C=O) groups excluding carboxylic acids is 1. The highest BCUT2D eigenvalue weighted by molar-refractivity contribution is 6.08. The van der Waals surface area contributed by atoms with Crippen LogP contribution in [0.25, 0.3) is 0 Å². The summed E-state index contributed by atoms with van der Waals surface area (Å²) in [5, 5.41) is 8.84. The Bertz CT molecular complexity index is 664. The Balaban J connectivity index is 2.37. The van der Waals surface area contributed by atoms with Gasteiger partial charge in [-0.25, -0.2) is 0 Å². The Morgan fingerprint density at radius 3 is 2.52 bits per heavy atom. The van der Waals surface area contributed by atoms with Crippen molar-refractivity contribution in [2.45, 2.75) is 6.18 Å². The summed E-state index contributed by atoms with van der Waals surface area (Å²) in [5.41, 5.74) is -1.25. The fourth-order valence-corrected chi connectivity index (χ4v) is 1.91. The third-order valence-corrected chi connectivity index (χ3v) is 2.82. The number of nitrogens with one attached hydrogen (secondary N) is 2. The SMILES string of the molecule is CNc1c(C(=O)Nc2ccn(C)n2)cccc1C(F)(F)F. The van der Waals surface area contributed by atoms with Gasteiger partial charge in [0.25, 0.3) is 5.91 Å². The van der Waals surface area contributed by atoms with Crippen LogP contribution in [0.2, 0.25) is 0 Å². The Hall–Kier alpha value is -2.51. The minimum atomic E-state index is -4.54. The number of amides is 1. The number of hydrogen-bond acceptors (Lipinski definition) is 3. The summed E-state index contributed by atoms with van der Waals surface area (Å²) in [5.74, 6) is -0.397. The van der Waals surface area contributed by atoms with E-state index in [1.165, 1.54) is 23.9 Å². The lowest BCUT2D eigenvalue weighted by atomic mass is 10.1. The lowest BCUT2D eigenvalue weighted by molar-refractivity contribution is -0.136. The van der Waals surface area contributed by atoms with E-state index in [2.05, 4.69) is 15.7 Å². The van der Waals surface area contributed by atoms with Gasteiger partial charge < -0.3 is 10.6 Å². The van der Waals surface area contributed by atoms with Gasteiger partial charge in [-0.05, 0) is 12.1 Å². The first-order chi connectivity index (χ1) is 9.82. The van der Waals surface area contributed by atoms with Crippen LogP contribution in [0.4, 0.5) is 24.7 Å². The van der Waals surface area contributed by atoms with Crippen LogP contribution in [0.5, 0.6) is 0 Å². The van der Waals surface area contributed by atoms with Crippen molar-refractivity contribution < 1.29 is 18.0 Å². The van der Waals surface area contributed by atoms with Gasteiger partial charge in [0.15, 0.2) is 5.82 Å². The highest BCUT2D eigenvalue weighted by Gasteiger charge is 2.35. The van der Waals surface area contributed by atoms with Gasteiger partial charge in [-0.15, -0.1) is 0 Å². The van der Waals surface area contributed by atoms with Crippen LogP contribution in [-0.4, -0.2) is 22.7 Å². The molecule has 21 heavy (non-hydrogen) atoms. The Morgan fingerprint density at radius 1 is 1.29 bits per heavy atom. The van der Waals surface area contributed by atoms with Crippen molar-refractivity contribution in [3.05, 3.63) is 41.6 Å². The zero-order chi connectivity index (χ0) is 15.6. The van der Waals surface area contributed by atoms with E-state index in [1.807, 2.05) is 0 Å². The number of nitrogens with zero attached hydrogens (tertiary/aromatic N) is 2. The van der Waals surface area contributed by atoms with Crippen molar-refractivity contribution in [2.24, 2.45) is 7.05 Å². The molecule has 1 aromatic carbocycles. The smallest absolute Gasteiger partial charge is 0.387 e. The molecule has 0 aliphatic carbocycles. The minimum absolute atomic E-state index is 0.0991. The number of alkyl halides is 3. The predicted molar refractivity (Wildman–Crippen MR) is 72.2 cm³/mol. The molecule has 0 saturated carbocycles. The standard InChI is InChI=1S/C13H13F3N4O/c1-17-11-8(4-3-5-9(11)13(14,15)16)12(21)18-10-6-7-20(2)19-10/h3-7,17H,1-2H3,(H,18,19,21). The molecule has 0 radical (unpaired) electrons. The number of anilines is 2. The molecule has 0 spiro atoms. The first-order valence-electron chi connectivity index (χ1n) is 6.02. The normalized spacial score (nSPS) is 11.3. The largest absolute Gasteiger partial charge is 0.418 e. The number of aryl methyl sites for hydroxylation is 1. The molecule has 0 aliphatic rings. The Kier molecular flexibility index (Phi) is 3.88. The summed E-state index contributed by atoms with van der Waals surface area (Å²) < 4.78 is 40.2. The molecule has 0 bridgehead atoms. The van der Waals surface area contributed by atoms with Crippen LogP contribution < -0.4 is 10.6 Å². The van der Waals surface area contributed by atoms with E-state index in [0.717, 1.165) is 6.07 Å². The predicted octanol–water partition coefficient (Wildman–Crippen LogP) is 2.73. The molecule has 0 fully saturated rings. The van der Waals surface area contributed by atoms with E-state index in [4.69, 9.17) is 0 Å². The highest BCUT2D eigenvalue weighted by Crippen LogP contribution is 2.36. The van der Waals surface area contributed by atoms with Gasteiger partial charge in [-0.1, -0.05) is 6.07 Å². The van der Waals surface area contributed by atoms with Gasteiger partial charge in [0, 0.05) is 26.4 Å². The van der Waals surface area contributed by atoms with Crippen LogP contribution >= 0.6 is 0 Å². The molecule has 0 aliphatic heterocycles. The van der Waals surface area contributed by atoms with E-state index < -0.39 is 17.6 Å². The first kappa shape index (κ1) is 14.9. The molecule has 8 heteroatoms. The number of para-hydroxylation sites is 1. The highest BCUT2D eigenvalue weighted by atomic mass is 19.4. The lowest BCUT2D eigenvalue weighted by Crippen LogP contribution is -2.18. The van der Waals surface area contributed by atoms with Crippen molar-refractivity contribution in [3.63, 3.8) is 0 Å². The lowest BCUT2D eigenvalue weighted by Gasteiger charge is -2.15. The average Bonchev–Trinajstić information content (AvgIpc) is 2.82. The zero-order valence-electron chi connectivity index (χ0n) is 11.3. The van der Waals surface area contributed by atoms with Gasteiger partial charge in [0.1, 0.15) is 0 Å². The molecule has 5 nitrogen and oxygen atoms in total. The molecule has 1 amide bonds. The molecule has 2 aromatic rings. The topological polar surface area (TPSA) is 59.0 Å². The zero-order valence-corrected chi connectivity index (χ0v) is 11.3. The second-order valence-electron chi connectivity index (χ2n) is 4.30. The van der Waals surface area contributed by atoms with E-state index in [9.17, 15) is 18.0 Å². The molecule has 1 aromatic heterocycles. The van der Waals surface area contributed by atoms with Crippen molar-refractivity contribution in [1.29, 1.82) is 0 Å². The molecule has 112 valence electrons. The van der Waals surface area contributed by atoms with Crippen LogP contribution in [0, 0.1) is 0 Å². The van der Waals surface area contributed by atoms with E-state index in [0.29, 0.717) is 0 Å². The van der Waals surface area contributed by atoms with Gasteiger partial charge in [0.05, 0.1) is 16.8 Å². The van der Waals surface area contributed by atoms with Gasteiger partial charge in [-0.2, -0.15) is 18.3 Å².